The number of thioether (sulfide) groups is 1. The van der Waals surface area contributed by atoms with Gasteiger partial charge < -0.3 is 5.11 Å². The lowest BCUT2D eigenvalue weighted by atomic mass is 10.1. The molecule has 0 bridgehead atoms. The molecule has 0 aromatic heterocycles. The van der Waals surface area contributed by atoms with Crippen molar-refractivity contribution < 1.29 is 19.5 Å². The highest BCUT2D eigenvalue weighted by molar-refractivity contribution is 7.99. The van der Waals surface area contributed by atoms with E-state index in [-0.39, 0.29) is 23.6 Å². The molecule has 0 saturated heterocycles. The number of amides is 2. The van der Waals surface area contributed by atoms with Crippen LogP contribution >= 0.6 is 11.8 Å². The molecule has 0 aliphatic carbocycles. The predicted octanol–water partition coefficient (Wildman–Crippen LogP) is 1.49. The molecule has 2 rings (SSSR count). The molecule has 100 valence electrons. The van der Waals surface area contributed by atoms with Crippen molar-refractivity contribution in [3.8, 4) is 0 Å². The van der Waals surface area contributed by atoms with Gasteiger partial charge in [-0.1, -0.05) is 12.1 Å². The molecule has 1 aromatic rings. The van der Waals surface area contributed by atoms with Crippen molar-refractivity contribution in [2.45, 2.75) is 13.0 Å². The predicted molar refractivity (Wildman–Crippen MR) is 71.4 cm³/mol. The van der Waals surface area contributed by atoms with Crippen LogP contribution in [0, 0.1) is 0 Å². The number of hydrogen-bond acceptors (Lipinski definition) is 4. The SMILES string of the molecule is CC(CSCC(=O)O)N1C(=O)c2ccccc2C1=O. The molecule has 0 saturated carbocycles. The maximum absolute atomic E-state index is 12.1. The summed E-state index contributed by atoms with van der Waals surface area (Å²) in [7, 11) is 0. The zero-order valence-electron chi connectivity index (χ0n) is 10.3. The van der Waals surface area contributed by atoms with Crippen LogP contribution in [-0.2, 0) is 4.79 Å². The quantitative estimate of drug-likeness (QED) is 0.826. The fourth-order valence-electron chi connectivity index (χ4n) is 2.00. The van der Waals surface area contributed by atoms with Crippen LogP contribution in [-0.4, -0.2) is 45.3 Å². The van der Waals surface area contributed by atoms with Crippen LogP contribution in [0.3, 0.4) is 0 Å². The third-order valence-corrected chi connectivity index (χ3v) is 4.02. The molecule has 2 amide bonds. The van der Waals surface area contributed by atoms with E-state index in [2.05, 4.69) is 0 Å². The van der Waals surface area contributed by atoms with Crippen molar-refractivity contribution in [2.24, 2.45) is 0 Å². The Morgan fingerprint density at radius 3 is 2.26 bits per heavy atom. The van der Waals surface area contributed by atoms with Crippen LogP contribution in [0.25, 0.3) is 0 Å². The van der Waals surface area contributed by atoms with Crippen molar-refractivity contribution in [3.63, 3.8) is 0 Å². The average molecular weight is 279 g/mol. The minimum atomic E-state index is -0.903. The van der Waals surface area contributed by atoms with Gasteiger partial charge in [0.05, 0.1) is 16.9 Å². The molecule has 1 N–H and O–H groups in total. The van der Waals surface area contributed by atoms with Crippen molar-refractivity contribution in [3.05, 3.63) is 35.4 Å². The summed E-state index contributed by atoms with van der Waals surface area (Å²) >= 11 is 1.19. The van der Waals surface area contributed by atoms with Gasteiger partial charge in [0.15, 0.2) is 0 Å². The molecule has 1 aromatic carbocycles. The van der Waals surface area contributed by atoms with Gasteiger partial charge in [-0.2, -0.15) is 0 Å². The summed E-state index contributed by atoms with van der Waals surface area (Å²) in [5.74, 6) is -1.13. The number of nitrogens with zero attached hydrogens (tertiary/aromatic N) is 1. The van der Waals surface area contributed by atoms with Gasteiger partial charge in [-0.3, -0.25) is 19.3 Å². The van der Waals surface area contributed by atoms with Crippen LogP contribution in [0.1, 0.15) is 27.6 Å². The number of carbonyl (C=O) groups excluding carboxylic acids is 2. The topological polar surface area (TPSA) is 74.7 Å². The first kappa shape index (κ1) is 13.6. The van der Waals surface area contributed by atoms with E-state index in [4.69, 9.17) is 5.11 Å². The smallest absolute Gasteiger partial charge is 0.313 e. The Bertz CT molecular complexity index is 508. The Labute approximate surface area is 114 Å². The number of carbonyl (C=O) groups is 3. The number of hydrogen-bond donors (Lipinski definition) is 1. The van der Waals surface area contributed by atoms with Crippen LogP contribution in [0.5, 0.6) is 0 Å². The van der Waals surface area contributed by atoms with E-state index in [0.29, 0.717) is 16.9 Å². The zero-order chi connectivity index (χ0) is 14.0. The first-order chi connectivity index (χ1) is 9.02. The van der Waals surface area contributed by atoms with Crippen molar-refractivity contribution in [1.29, 1.82) is 0 Å². The molecule has 19 heavy (non-hydrogen) atoms. The summed E-state index contributed by atoms with van der Waals surface area (Å²) in [6, 6.07) is 6.38. The lowest BCUT2D eigenvalue weighted by Crippen LogP contribution is -2.39. The number of aliphatic carboxylic acids is 1. The molecule has 0 spiro atoms. The van der Waals surface area contributed by atoms with Crippen LogP contribution in [0.15, 0.2) is 24.3 Å². The molecule has 5 nitrogen and oxygen atoms in total. The minimum absolute atomic E-state index is 0.0342. The van der Waals surface area contributed by atoms with E-state index in [9.17, 15) is 14.4 Å². The second-order valence-corrected chi connectivity index (χ2v) is 5.31. The fraction of sp³-hybridized carbons (Fsp3) is 0.308. The van der Waals surface area contributed by atoms with Crippen molar-refractivity contribution in [2.75, 3.05) is 11.5 Å². The van der Waals surface area contributed by atoms with Crippen LogP contribution < -0.4 is 0 Å². The first-order valence-electron chi connectivity index (χ1n) is 5.79. The van der Waals surface area contributed by atoms with Gasteiger partial charge in [-0.25, -0.2) is 0 Å². The summed E-state index contributed by atoms with van der Waals surface area (Å²) in [6.07, 6.45) is 0. The average Bonchev–Trinajstić information content (AvgIpc) is 2.62. The van der Waals surface area contributed by atoms with E-state index >= 15 is 0 Å². The molecule has 0 radical (unpaired) electrons. The summed E-state index contributed by atoms with van der Waals surface area (Å²) in [5.41, 5.74) is 0.838. The number of imide groups is 1. The maximum Gasteiger partial charge on any atom is 0.313 e. The third kappa shape index (κ3) is 2.63. The van der Waals surface area contributed by atoms with E-state index in [1.54, 1.807) is 31.2 Å². The number of benzene rings is 1. The Balaban J connectivity index is 2.09. The number of fused-ring (bicyclic) bond motifs is 1. The molecule has 1 aliphatic heterocycles. The van der Waals surface area contributed by atoms with Gasteiger partial charge >= 0.3 is 5.97 Å². The summed E-state index contributed by atoms with van der Waals surface area (Å²) in [5, 5.41) is 8.57. The Morgan fingerprint density at radius 2 is 1.79 bits per heavy atom. The monoisotopic (exact) mass is 279 g/mol. The van der Waals surface area contributed by atoms with Gasteiger partial charge in [0, 0.05) is 11.8 Å². The molecule has 0 fully saturated rings. The number of rotatable bonds is 5. The molecule has 6 heteroatoms. The number of carboxylic acids is 1. The highest BCUT2D eigenvalue weighted by Crippen LogP contribution is 2.25. The lowest BCUT2D eigenvalue weighted by Gasteiger charge is -2.21. The van der Waals surface area contributed by atoms with Crippen LogP contribution in [0.4, 0.5) is 0 Å². The lowest BCUT2D eigenvalue weighted by molar-refractivity contribution is -0.133. The second-order valence-electron chi connectivity index (χ2n) is 4.28. The van der Waals surface area contributed by atoms with E-state index in [0.717, 1.165) is 0 Å². The Hall–Kier alpha value is -1.82. The third-order valence-electron chi connectivity index (χ3n) is 2.85. The second kappa shape index (κ2) is 5.44. The van der Waals surface area contributed by atoms with E-state index < -0.39 is 5.97 Å². The highest BCUT2D eigenvalue weighted by atomic mass is 32.2. The van der Waals surface area contributed by atoms with Gasteiger partial charge in [-0.15, -0.1) is 11.8 Å². The van der Waals surface area contributed by atoms with Crippen molar-refractivity contribution >= 4 is 29.5 Å². The molecular formula is C13H13NO4S. The summed E-state index contributed by atoms with van der Waals surface area (Å²) in [6.45, 7) is 1.75. The van der Waals surface area contributed by atoms with Crippen molar-refractivity contribution in [1.82, 2.24) is 4.90 Å². The molecule has 1 unspecified atom stereocenters. The van der Waals surface area contributed by atoms with E-state index in [1.807, 2.05) is 0 Å². The van der Waals surface area contributed by atoms with Gasteiger partial charge in [0.1, 0.15) is 0 Å². The zero-order valence-corrected chi connectivity index (χ0v) is 11.1. The maximum atomic E-state index is 12.1. The summed E-state index contributed by atoms with van der Waals surface area (Å²) in [4.78, 5) is 35.9. The van der Waals surface area contributed by atoms with Gasteiger partial charge in [0.25, 0.3) is 11.8 Å². The molecule has 1 heterocycles. The Kier molecular flexibility index (Phi) is 3.90. The molecular weight excluding hydrogens is 266 g/mol. The standard InChI is InChI=1S/C13H13NO4S/c1-8(6-19-7-11(15)16)14-12(17)9-4-2-3-5-10(9)13(14)18/h2-5,8H,6-7H2,1H3,(H,15,16). The molecule has 1 atom stereocenters. The first-order valence-corrected chi connectivity index (χ1v) is 6.94. The highest BCUT2D eigenvalue weighted by Gasteiger charge is 2.37. The van der Waals surface area contributed by atoms with Crippen LogP contribution in [0.2, 0.25) is 0 Å². The molecule has 1 aliphatic rings. The largest absolute Gasteiger partial charge is 0.481 e. The fourth-order valence-corrected chi connectivity index (χ4v) is 2.78. The summed E-state index contributed by atoms with van der Waals surface area (Å²) < 4.78 is 0. The van der Waals surface area contributed by atoms with Gasteiger partial charge in [-0.05, 0) is 19.1 Å². The Morgan fingerprint density at radius 1 is 1.26 bits per heavy atom. The van der Waals surface area contributed by atoms with Gasteiger partial charge in [0.2, 0.25) is 0 Å². The van der Waals surface area contributed by atoms with E-state index in [1.165, 1.54) is 16.7 Å². The number of carboxylic acid groups (broad SMARTS) is 1. The normalized spacial score (nSPS) is 15.5. The minimum Gasteiger partial charge on any atom is -0.481 e.